The third-order valence-corrected chi connectivity index (χ3v) is 4.77. The van der Waals surface area contributed by atoms with Crippen molar-refractivity contribution in [2.75, 3.05) is 19.3 Å². The Balaban J connectivity index is 1.70. The molecule has 0 aromatic carbocycles. The summed E-state index contributed by atoms with van der Waals surface area (Å²) >= 11 is 1.38. The SMILES string of the molecule is CSc1ncccc1C(=O)N1CCCC(Oc2nccc(C(F)(F)F)n2)C1. The monoisotopic (exact) mass is 398 g/mol. The summed E-state index contributed by atoms with van der Waals surface area (Å²) < 4.78 is 43.8. The van der Waals surface area contributed by atoms with Gasteiger partial charge in [-0.15, -0.1) is 11.8 Å². The zero-order valence-corrected chi connectivity index (χ0v) is 15.3. The summed E-state index contributed by atoms with van der Waals surface area (Å²) in [7, 11) is 0. The first-order valence-corrected chi connectivity index (χ1v) is 9.46. The fourth-order valence-electron chi connectivity index (χ4n) is 2.81. The Labute approximate surface area is 158 Å². The molecule has 1 saturated heterocycles. The van der Waals surface area contributed by atoms with Crippen molar-refractivity contribution < 1.29 is 22.7 Å². The van der Waals surface area contributed by atoms with E-state index in [0.29, 0.717) is 30.0 Å². The zero-order valence-electron chi connectivity index (χ0n) is 14.4. The Kier molecular flexibility index (Phi) is 5.83. The molecular formula is C17H17F3N4O2S. The molecule has 1 amide bonds. The van der Waals surface area contributed by atoms with E-state index in [4.69, 9.17) is 4.74 Å². The molecule has 2 aromatic rings. The van der Waals surface area contributed by atoms with Crippen LogP contribution in [0.1, 0.15) is 28.9 Å². The van der Waals surface area contributed by atoms with Crippen molar-refractivity contribution in [1.29, 1.82) is 0 Å². The number of alkyl halides is 3. The molecule has 0 spiro atoms. The number of thioether (sulfide) groups is 1. The van der Waals surface area contributed by atoms with Gasteiger partial charge in [-0.25, -0.2) is 9.97 Å². The molecule has 3 heterocycles. The molecule has 144 valence electrons. The van der Waals surface area contributed by atoms with Crippen LogP contribution in [-0.4, -0.2) is 51.2 Å². The average Bonchev–Trinajstić information content (AvgIpc) is 2.67. The molecule has 0 saturated carbocycles. The first-order chi connectivity index (χ1) is 12.9. The summed E-state index contributed by atoms with van der Waals surface area (Å²) in [5, 5.41) is 0.631. The van der Waals surface area contributed by atoms with Gasteiger partial charge in [-0.1, -0.05) is 0 Å². The first-order valence-electron chi connectivity index (χ1n) is 8.23. The minimum atomic E-state index is -4.57. The van der Waals surface area contributed by atoms with Gasteiger partial charge in [0.1, 0.15) is 11.1 Å². The molecule has 3 rings (SSSR count). The molecule has 0 bridgehead atoms. The number of carbonyl (C=O) groups excluding carboxylic acids is 1. The quantitative estimate of drug-likeness (QED) is 0.737. The number of halogens is 3. The maximum absolute atomic E-state index is 12.8. The largest absolute Gasteiger partial charge is 0.458 e. The fraction of sp³-hybridized carbons (Fsp3) is 0.412. The fourth-order valence-corrected chi connectivity index (χ4v) is 3.35. The number of rotatable bonds is 4. The lowest BCUT2D eigenvalue weighted by molar-refractivity contribution is -0.141. The highest BCUT2D eigenvalue weighted by atomic mass is 32.2. The predicted molar refractivity (Wildman–Crippen MR) is 92.6 cm³/mol. The summed E-state index contributed by atoms with van der Waals surface area (Å²) in [4.78, 5) is 25.8. The van der Waals surface area contributed by atoms with Gasteiger partial charge in [-0.2, -0.15) is 18.2 Å². The number of pyridine rings is 1. The van der Waals surface area contributed by atoms with E-state index in [2.05, 4.69) is 15.0 Å². The lowest BCUT2D eigenvalue weighted by atomic mass is 10.1. The Morgan fingerprint density at radius 2 is 2.11 bits per heavy atom. The minimum absolute atomic E-state index is 0.175. The number of likely N-dealkylation sites (tertiary alicyclic amines) is 1. The molecular weight excluding hydrogens is 381 g/mol. The number of carbonyl (C=O) groups is 1. The smallest absolute Gasteiger partial charge is 0.433 e. The number of amides is 1. The van der Waals surface area contributed by atoms with E-state index in [1.807, 2.05) is 6.26 Å². The molecule has 1 fully saturated rings. The van der Waals surface area contributed by atoms with Crippen molar-refractivity contribution in [3.8, 4) is 6.01 Å². The third kappa shape index (κ3) is 4.68. The molecule has 1 aliphatic rings. The second kappa shape index (κ2) is 8.12. The molecule has 27 heavy (non-hydrogen) atoms. The van der Waals surface area contributed by atoms with Crippen LogP contribution in [0.5, 0.6) is 6.01 Å². The lowest BCUT2D eigenvalue weighted by Crippen LogP contribution is -2.44. The predicted octanol–water partition coefficient (Wildman–Crippen LogP) is 3.30. The topological polar surface area (TPSA) is 68.2 Å². The highest BCUT2D eigenvalue weighted by Gasteiger charge is 2.33. The van der Waals surface area contributed by atoms with Crippen molar-refractivity contribution in [2.45, 2.75) is 30.1 Å². The van der Waals surface area contributed by atoms with Gasteiger partial charge in [0.25, 0.3) is 5.91 Å². The van der Waals surface area contributed by atoms with Gasteiger partial charge in [-0.3, -0.25) is 4.79 Å². The van der Waals surface area contributed by atoms with Crippen LogP contribution in [0.15, 0.2) is 35.6 Å². The van der Waals surface area contributed by atoms with Crippen molar-refractivity contribution in [1.82, 2.24) is 19.9 Å². The molecule has 1 aliphatic heterocycles. The summed E-state index contributed by atoms with van der Waals surface area (Å²) in [5.74, 6) is -0.175. The van der Waals surface area contributed by atoms with Gasteiger partial charge in [0.05, 0.1) is 12.1 Å². The number of piperidine rings is 1. The summed E-state index contributed by atoms with van der Waals surface area (Å²) in [6.45, 7) is 0.798. The Morgan fingerprint density at radius 3 is 2.85 bits per heavy atom. The Hall–Kier alpha value is -2.36. The van der Waals surface area contributed by atoms with Gasteiger partial charge in [-0.05, 0) is 37.3 Å². The van der Waals surface area contributed by atoms with Gasteiger partial charge < -0.3 is 9.64 Å². The van der Waals surface area contributed by atoms with Crippen LogP contribution in [0, 0.1) is 0 Å². The van der Waals surface area contributed by atoms with E-state index in [1.54, 1.807) is 23.2 Å². The number of hydrogen-bond donors (Lipinski definition) is 0. The maximum atomic E-state index is 12.8. The second-order valence-electron chi connectivity index (χ2n) is 5.92. The first kappa shape index (κ1) is 19.4. The van der Waals surface area contributed by atoms with Crippen molar-refractivity contribution in [3.05, 3.63) is 41.9 Å². The normalized spacial score (nSPS) is 17.6. The van der Waals surface area contributed by atoms with Gasteiger partial charge >= 0.3 is 12.2 Å². The zero-order chi connectivity index (χ0) is 19.4. The van der Waals surface area contributed by atoms with Crippen LogP contribution >= 0.6 is 11.8 Å². The van der Waals surface area contributed by atoms with E-state index < -0.39 is 18.0 Å². The van der Waals surface area contributed by atoms with Gasteiger partial charge in [0.2, 0.25) is 0 Å². The molecule has 1 unspecified atom stereocenters. The van der Waals surface area contributed by atoms with Crippen LogP contribution in [-0.2, 0) is 6.18 Å². The summed E-state index contributed by atoms with van der Waals surface area (Å²) in [6.07, 6.45) is 0.708. The van der Waals surface area contributed by atoms with E-state index >= 15 is 0 Å². The molecule has 10 heteroatoms. The molecule has 0 N–H and O–H groups in total. The molecule has 2 aromatic heterocycles. The number of ether oxygens (including phenoxy) is 1. The van der Waals surface area contributed by atoms with Crippen LogP contribution < -0.4 is 4.74 Å². The highest BCUT2D eigenvalue weighted by molar-refractivity contribution is 7.98. The highest BCUT2D eigenvalue weighted by Crippen LogP contribution is 2.28. The van der Waals surface area contributed by atoms with Gasteiger partial charge in [0, 0.05) is 18.9 Å². The maximum Gasteiger partial charge on any atom is 0.433 e. The van der Waals surface area contributed by atoms with Gasteiger partial charge in [0.15, 0.2) is 5.69 Å². The Bertz CT molecular complexity index is 819. The van der Waals surface area contributed by atoms with Crippen LogP contribution in [0.4, 0.5) is 13.2 Å². The number of aromatic nitrogens is 3. The van der Waals surface area contributed by atoms with Crippen molar-refractivity contribution in [2.24, 2.45) is 0 Å². The molecule has 0 aliphatic carbocycles. The van der Waals surface area contributed by atoms with Crippen LogP contribution in [0.25, 0.3) is 0 Å². The second-order valence-corrected chi connectivity index (χ2v) is 6.71. The molecule has 1 atom stereocenters. The lowest BCUT2D eigenvalue weighted by Gasteiger charge is -2.32. The summed E-state index contributed by atoms with van der Waals surface area (Å²) in [6, 6.07) is 3.86. The molecule has 6 nitrogen and oxygen atoms in total. The van der Waals surface area contributed by atoms with E-state index in [9.17, 15) is 18.0 Å². The number of hydrogen-bond acceptors (Lipinski definition) is 6. The summed E-state index contributed by atoms with van der Waals surface area (Å²) in [5.41, 5.74) is -0.558. The van der Waals surface area contributed by atoms with E-state index in [0.717, 1.165) is 12.3 Å². The van der Waals surface area contributed by atoms with Crippen LogP contribution in [0.2, 0.25) is 0 Å². The molecule has 0 radical (unpaired) electrons. The third-order valence-electron chi connectivity index (χ3n) is 4.06. The van der Waals surface area contributed by atoms with Crippen LogP contribution in [0.3, 0.4) is 0 Å². The van der Waals surface area contributed by atoms with E-state index in [-0.39, 0.29) is 18.5 Å². The Morgan fingerprint density at radius 1 is 1.30 bits per heavy atom. The minimum Gasteiger partial charge on any atom is -0.458 e. The van der Waals surface area contributed by atoms with Crippen molar-refractivity contribution >= 4 is 17.7 Å². The van der Waals surface area contributed by atoms with E-state index in [1.165, 1.54) is 11.8 Å². The average molecular weight is 398 g/mol. The number of nitrogens with zero attached hydrogens (tertiary/aromatic N) is 4. The van der Waals surface area contributed by atoms with Crippen molar-refractivity contribution in [3.63, 3.8) is 0 Å². The standard InChI is InChI=1S/C17H17F3N4O2S/c1-27-14-12(5-2-7-21-14)15(25)24-9-3-4-11(10-24)26-16-22-8-6-13(23-16)17(18,19)20/h2,5-8,11H,3-4,9-10H2,1H3.